The van der Waals surface area contributed by atoms with Crippen molar-refractivity contribution < 1.29 is 19.1 Å². The number of rotatable bonds is 10. The highest BCUT2D eigenvalue weighted by Gasteiger charge is 2.28. The number of ether oxygens (including phenoxy) is 2. The maximum Gasteiger partial charge on any atom is 0.355 e. The maximum absolute atomic E-state index is 13.1. The number of aromatic nitrogens is 2. The number of carbonyl (C=O) groups is 2. The average Bonchev–Trinajstić information content (AvgIpc) is 3.47. The molecule has 5 aromatic rings. The Morgan fingerprint density at radius 2 is 0.932 bits per heavy atom. The first kappa shape index (κ1) is 31.1. The highest BCUT2D eigenvalue weighted by molar-refractivity contribution is 6.21. The van der Waals surface area contributed by atoms with Crippen LogP contribution < -0.4 is 0 Å². The van der Waals surface area contributed by atoms with Crippen molar-refractivity contribution in [3.63, 3.8) is 0 Å². The largest absolute Gasteiger partial charge is 0.461 e. The third-order valence-electron chi connectivity index (χ3n) is 8.37. The van der Waals surface area contributed by atoms with Gasteiger partial charge in [-0.3, -0.25) is 0 Å². The third kappa shape index (κ3) is 5.54. The molecular formula is C38H44N2O4. The van der Waals surface area contributed by atoms with Crippen LogP contribution in [0.25, 0.3) is 44.1 Å². The van der Waals surface area contributed by atoms with Crippen LogP contribution in [0.2, 0.25) is 0 Å². The zero-order valence-corrected chi connectivity index (χ0v) is 27.2. The van der Waals surface area contributed by atoms with E-state index in [2.05, 4.69) is 86.2 Å². The molecule has 44 heavy (non-hydrogen) atoms. The molecule has 0 saturated carbocycles. The molecule has 0 aliphatic rings. The molecule has 0 amide bonds. The molecular weight excluding hydrogens is 548 g/mol. The van der Waals surface area contributed by atoms with Gasteiger partial charge in [-0.05, 0) is 96.2 Å². The van der Waals surface area contributed by atoms with Crippen molar-refractivity contribution in [3.05, 3.63) is 82.2 Å². The molecule has 3 aromatic carbocycles. The summed E-state index contributed by atoms with van der Waals surface area (Å²) in [4.78, 5) is 33.2. The van der Waals surface area contributed by atoms with Crippen LogP contribution in [0.5, 0.6) is 0 Å². The van der Waals surface area contributed by atoms with E-state index in [0.717, 1.165) is 79.2 Å². The summed E-state index contributed by atoms with van der Waals surface area (Å²) < 4.78 is 10.9. The first-order valence-electron chi connectivity index (χ1n) is 15.8. The first-order valence-corrected chi connectivity index (χ1v) is 15.8. The van der Waals surface area contributed by atoms with Gasteiger partial charge in [-0.2, -0.15) is 0 Å². The van der Waals surface area contributed by atoms with Crippen molar-refractivity contribution in [2.24, 2.45) is 11.8 Å². The van der Waals surface area contributed by atoms with Gasteiger partial charge < -0.3 is 19.4 Å². The molecule has 0 saturated heterocycles. The van der Waals surface area contributed by atoms with E-state index in [0.29, 0.717) is 36.4 Å². The summed E-state index contributed by atoms with van der Waals surface area (Å²) in [6, 6.07) is 16.9. The van der Waals surface area contributed by atoms with Gasteiger partial charge in [0.05, 0.1) is 24.6 Å². The maximum atomic E-state index is 13.1. The minimum absolute atomic E-state index is 0.314. The van der Waals surface area contributed by atoms with Gasteiger partial charge in [-0.1, -0.05) is 76.2 Å². The Labute approximate surface area is 260 Å². The van der Waals surface area contributed by atoms with E-state index in [-0.39, 0.29) is 11.9 Å². The molecule has 0 fully saturated rings. The zero-order valence-electron chi connectivity index (χ0n) is 27.2. The molecule has 6 heteroatoms. The van der Waals surface area contributed by atoms with Gasteiger partial charge in [0.1, 0.15) is 11.4 Å². The zero-order chi connectivity index (χ0) is 31.7. The summed E-state index contributed by atoms with van der Waals surface area (Å²) >= 11 is 0. The quantitative estimate of drug-likeness (QED) is 0.125. The van der Waals surface area contributed by atoms with Crippen molar-refractivity contribution in [1.82, 2.24) is 9.97 Å². The van der Waals surface area contributed by atoms with E-state index in [1.54, 1.807) is 0 Å². The van der Waals surface area contributed by atoms with E-state index in [1.807, 2.05) is 27.7 Å². The molecule has 230 valence electrons. The van der Waals surface area contributed by atoms with Gasteiger partial charge in [-0.15, -0.1) is 0 Å². The van der Waals surface area contributed by atoms with Gasteiger partial charge in [0.15, 0.2) is 0 Å². The Morgan fingerprint density at radius 3 is 1.20 bits per heavy atom. The van der Waals surface area contributed by atoms with Crippen molar-refractivity contribution in [1.29, 1.82) is 0 Å². The molecule has 0 aliphatic carbocycles. The van der Waals surface area contributed by atoms with Gasteiger partial charge >= 0.3 is 11.9 Å². The number of hydrogen-bond donors (Lipinski definition) is 2. The Kier molecular flexibility index (Phi) is 9.00. The highest BCUT2D eigenvalue weighted by atomic mass is 16.5. The number of H-pyrrole nitrogens is 2. The monoisotopic (exact) mass is 592 g/mol. The number of carbonyl (C=O) groups excluding carboxylic acids is 2. The molecule has 2 heterocycles. The van der Waals surface area contributed by atoms with Crippen LogP contribution >= 0.6 is 0 Å². The number of fused-ring (bicyclic) bond motifs is 2. The second-order valence-corrected chi connectivity index (χ2v) is 12.4. The second kappa shape index (κ2) is 12.7. The normalized spacial score (nSPS) is 11.7. The minimum atomic E-state index is -0.335. The van der Waals surface area contributed by atoms with Gasteiger partial charge in [-0.25, -0.2) is 9.59 Å². The SMILES string of the molecule is CCOC(=O)c1[nH]c(-c2c3ccccc3c(-c3[nH]c(C(=O)OCC)c(C)c3CC(C)C)c3ccccc23)c(CC(C)C)c1C. The fraction of sp³-hybridized carbons (Fsp3) is 0.368. The van der Waals surface area contributed by atoms with Crippen LogP contribution in [-0.2, 0) is 22.3 Å². The minimum Gasteiger partial charge on any atom is -0.461 e. The van der Waals surface area contributed by atoms with Crippen LogP contribution in [0, 0.1) is 25.7 Å². The van der Waals surface area contributed by atoms with Gasteiger partial charge in [0.2, 0.25) is 0 Å². The first-order chi connectivity index (χ1) is 21.1. The summed E-state index contributed by atoms with van der Waals surface area (Å²) in [5.41, 5.74) is 9.18. The van der Waals surface area contributed by atoms with Crippen LogP contribution in [0.3, 0.4) is 0 Å². The summed E-state index contributed by atoms with van der Waals surface area (Å²) in [6.45, 7) is 17.1. The van der Waals surface area contributed by atoms with Crippen LogP contribution in [0.1, 0.15) is 84.8 Å². The van der Waals surface area contributed by atoms with Crippen LogP contribution in [0.15, 0.2) is 48.5 Å². The molecule has 0 aliphatic heterocycles. The Morgan fingerprint density at radius 1 is 0.614 bits per heavy atom. The highest BCUT2D eigenvalue weighted by Crippen LogP contribution is 2.46. The number of aromatic amines is 2. The predicted molar refractivity (Wildman–Crippen MR) is 179 cm³/mol. The Balaban J connectivity index is 1.91. The smallest absolute Gasteiger partial charge is 0.355 e. The third-order valence-corrected chi connectivity index (χ3v) is 8.37. The molecule has 2 aromatic heterocycles. The number of hydrogen-bond acceptors (Lipinski definition) is 4. The Bertz CT molecular complexity index is 1660. The van der Waals surface area contributed by atoms with Crippen LogP contribution in [0.4, 0.5) is 0 Å². The van der Waals surface area contributed by atoms with E-state index >= 15 is 0 Å². The standard InChI is InChI=1S/C38H44N2O4/c1-9-43-37(41)33-23(7)29(19-21(3)4)35(39-33)31-25-15-11-13-17-27(25)32(28-18-14-12-16-26(28)31)36-30(20-22(5)6)24(8)34(40-36)38(42)44-10-2/h11-18,21-22,39-40H,9-10,19-20H2,1-8H3. The number of nitrogens with one attached hydrogen (secondary N) is 2. The molecule has 2 N–H and O–H groups in total. The van der Waals surface area contributed by atoms with E-state index in [1.165, 1.54) is 0 Å². The lowest BCUT2D eigenvalue weighted by molar-refractivity contribution is 0.0510. The van der Waals surface area contributed by atoms with Crippen molar-refractivity contribution in [2.45, 2.75) is 68.2 Å². The number of esters is 2. The second-order valence-electron chi connectivity index (χ2n) is 12.4. The number of benzene rings is 3. The summed E-state index contributed by atoms with van der Waals surface area (Å²) in [7, 11) is 0. The lowest BCUT2D eigenvalue weighted by Gasteiger charge is -2.19. The molecule has 6 nitrogen and oxygen atoms in total. The van der Waals surface area contributed by atoms with Gasteiger partial charge in [0, 0.05) is 11.1 Å². The van der Waals surface area contributed by atoms with Crippen molar-refractivity contribution >= 4 is 33.5 Å². The fourth-order valence-electron chi connectivity index (χ4n) is 6.50. The Hall–Kier alpha value is -4.32. The molecule has 0 atom stereocenters. The summed E-state index contributed by atoms with van der Waals surface area (Å²) in [5.74, 6) is 0.102. The molecule has 0 unspecified atom stereocenters. The van der Waals surface area contributed by atoms with Gasteiger partial charge in [0.25, 0.3) is 0 Å². The van der Waals surface area contributed by atoms with E-state index in [9.17, 15) is 9.59 Å². The van der Waals surface area contributed by atoms with E-state index in [4.69, 9.17) is 9.47 Å². The van der Waals surface area contributed by atoms with E-state index < -0.39 is 0 Å². The molecule has 5 rings (SSSR count). The summed E-state index contributed by atoms with van der Waals surface area (Å²) in [6.07, 6.45) is 1.64. The summed E-state index contributed by atoms with van der Waals surface area (Å²) in [5, 5.41) is 4.29. The lowest BCUT2D eigenvalue weighted by atomic mass is 9.85. The van der Waals surface area contributed by atoms with Crippen LogP contribution in [-0.4, -0.2) is 35.1 Å². The van der Waals surface area contributed by atoms with Crippen molar-refractivity contribution in [3.8, 4) is 22.5 Å². The fourth-order valence-corrected chi connectivity index (χ4v) is 6.50. The average molecular weight is 593 g/mol. The molecule has 0 bridgehead atoms. The lowest BCUT2D eigenvalue weighted by Crippen LogP contribution is -2.07. The predicted octanol–water partition coefficient (Wildman–Crippen LogP) is 9.35. The van der Waals surface area contributed by atoms with Crippen molar-refractivity contribution in [2.75, 3.05) is 13.2 Å². The topological polar surface area (TPSA) is 84.2 Å². The molecule has 0 radical (unpaired) electrons. The molecule has 0 spiro atoms.